The molecule has 2 aliphatic rings. The summed E-state index contributed by atoms with van der Waals surface area (Å²) in [6.07, 6.45) is 4.62. The van der Waals surface area contributed by atoms with Gasteiger partial charge in [-0.3, -0.25) is 9.20 Å². The summed E-state index contributed by atoms with van der Waals surface area (Å²) < 4.78 is 16.5. The maximum absolute atomic E-state index is 14.7. The van der Waals surface area contributed by atoms with Crippen LogP contribution in [0.4, 0.5) is 10.2 Å². The van der Waals surface area contributed by atoms with Gasteiger partial charge in [0.25, 0.3) is 5.91 Å². The molecule has 1 fully saturated rings. The molecule has 2 N–H and O–H groups in total. The molecule has 0 radical (unpaired) electrons. The lowest BCUT2D eigenvalue weighted by Crippen LogP contribution is -2.37. The second kappa shape index (κ2) is 6.55. The van der Waals surface area contributed by atoms with Crippen molar-refractivity contribution in [1.29, 1.82) is 0 Å². The third-order valence-corrected chi connectivity index (χ3v) is 7.10. The van der Waals surface area contributed by atoms with E-state index >= 15 is 0 Å². The van der Waals surface area contributed by atoms with Gasteiger partial charge in [-0.15, -0.1) is 0 Å². The number of amides is 1. The molecule has 2 aromatic carbocycles. The molecule has 9 heteroatoms. The summed E-state index contributed by atoms with van der Waals surface area (Å²) in [6.45, 7) is 0.523. The van der Waals surface area contributed by atoms with E-state index in [4.69, 9.17) is 28.9 Å². The summed E-state index contributed by atoms with van der Waals surface area (Å²) in [6, 6.07) is 6.58. The molecule has 0 spiro atoms. The van der Waals surface area contributed by atoms with Crippen molar-refractivity contribution < 1.29 is 9.18 Å². The third kappa shape index (κ3) is 2.60. The first-order chi connectivity index (χ1) is 14.9. The van der Waals surface area contributed by atoms with Gasteiger partial charge in [0.2, 0.25) is 0 Å². The number of anilines is 1. The molecule has 4 aromatic rings. The van der Waals surface area contributed by atoms with Crippen LogP contribution in [0, 0.1) is 5.82 Å². The van der Waals surface area contributed by atoms with Gasteiger partial charge in [-0.25, -0.2) is 14.4 Å². The van der Waals surface area contributed by atoms with Gasteiger partial charge in [0, 0.05) is 6.54 Å². The second-order valence-electron chi connectivity index (χ2n) is 8.07. The Kier molecular flexibility index (Phi) is 3.98. The number of nitrogens with two attached hydrogens (primary N) is 1. The third-order valence-electron chi connectivity index (χ3n) is 6.49. The molecule has 1 aliphatic heterocycles. The lowest BCUT2D eigenvalue weighted by molar-refractivity contribution is 0.0620. The van der Waals surface area contributed by atoms with Crippen LogP contribution >= 0.6 is 23.2 Å². The van der Waals surface area contributed by atoms with Crippen LogP contribution in [0.1, 0.15) is 46.3 Å². The Bertz CT molecular complexity index is 1420. The van der Waals surface area contributed by atoms with Crippen molar-refractivity contribution in [2.75, 3.05) is 12.3 Å². The minimum absolute atomic E-state index is 0.0765. The van der Waals surface area contributed by atoms with Crippen molar-refractivity contribution in [3.8, 4) is 0 Å². The number of aromatic nitrogens is 3. The van der Waals surface area contributed by atoms with Crippen molar-refractivity contribution in [2.24, 2.45) is 0 Å². The number of hydrogen-bond donors (Lipinski definition) is 1. The number of rotatable bonds is 1. The van der Waals surface area contributed by atoms with Crippen LogP contribution in [0.5, 0.6) is 0 Å². The number of carbonyl (C=O) groups is 1. The largest absolute Gasteiger partial charge is 0.382 e. The summed E-state index contributed by atoms with van der Waals surface area (Å²) in [5.41, 5.74) is 9.79. The minimum atomic E-state index is -0.365. The van der Waals surface area contributed by atoms with Gasteiger partial charge in [0.05, 0.1) is 45.2 Å². The highest BCUT2D eigenvalue weighted by Gasteiger charge is 2.43. The minimum Gasteiger partial charge on any atom is -0.382 e. The molecule has 31 heavy (non-hydrogen) atoms. The Morgan fingerprint density at radius 1 is 1.19 bits per heavy atom. The fraction of sp³-hybridized carbons (Fsp3) is 0.227. The molecule has 3 heterocycles. The van der Waals surface area contributed by atoms with E-state index in [1.165, 1.54) is 0 Å². The number of imidazole rings is 1. The monoisotopic (exact) mass is 455 g/mol. The molecular formula is C22H16Cl2FN5O. The summed E-state index contributed by atoms with van der Waals surface area (Å²) in [5.74, 6) is -0.141. The summed E-state index contributed by atoms with van der Waals surface area (Å²) in [4.78, 5) is 23.9. The first-order valence-electron chi connectivity index (χ1n) is 9.93. The Balaban J connectivity index is 1.46. The Morgan fingerprint density at radius 2 is 2.03 bits per heavy atom. The van der Waals surface area contributed by atoms with Gasteiger partial charge in [0.15, 0.2) is 0 Å². The number of benzene rings is 2. The lowest BCUT2D eigenvalue weighted by atomic mass is 9.94. The maximum Gasteiger partial charge on any atom is 0.255 e. The highest BCUT2D eigenvalue weighted by Crippen LogP contribution is 2.51. The normalized spacial score (nSPS) is 19.9. The molecule has 0 unspecified atom stereocenters. The van der Waals surface area contributed by atoms with Gasteiger partial charge >= 0.3 is 0 Å². The number of likely N-dealkylation sites (tertiary alicyclic amines) is 1. The molecule has 2 aromatic heterocycles. The molecule has 2 atom stereocenters. The van der Waals surface area contributed by atoms with Crippen LogP contribution in [-0.2, 0) is 0 Å². The predicted molar refractivity (Wildman–Crippen MR) is 117 cm³/mol. The summed E-state index contributed by atoms with van der Waals surface area (Å²) >= 11 is 12.5. The molecule has 1 amide bonds. The SMILES string of the molecule is Nc1nc2cc(Cl)c(C(=O)N3CC[C@H]4C[C@@H]3c3ccc(Cl)c(F)c34)cc2n2cncc12. The Labute approximate surface area is 186 Å². The summed E-state index contributed by atoms with van der Waals surface area (Å²) in [7, 11) is 0. The van der Waals surface area contributed by atoms with Crippen LogP contribution in [0.15, 0.2) is 36.8 Å². The van der Waals surface area contributed by atoms with E-state index in [0.717, 1.165) is 5.56 Å². The topological polar surface area (TPSA) is 76.5 Å². The number of piperidine rings is 1. The fourth-order valence-electron chi connectivity index (χ4n) is 5.07. The van der Waals surface area contributed by atoms with Crippen LogP contribution in [-0.4, -0.2) is 31.7 Å². The predicted octanol–water partition coefficient (Wildman–Crippen LogP) is 4.99. The highest BCUT2D eigenvalue weighted by molar-refractivity contribution is 6.34. The zero-order valence-electron chi connectivity index (χ0n) is 16.1. The molecule has 6 nitrogen and oxygen atoms in total. The maximum atomic E-state index is 14.7. The first-order valence-corrected chi connectivity index (χ1v) is 10.7. The van der Waals surface area contributed by atoms with Crippen LogP contribution < -0.4 is 5.73 Å². The smallest absolute Gasteiger partial charge is 0.255 e. The number of hydrogen-bond acceptors (Lipinski definition) is 4. The van der Waals surface area contributed by atoms with Gasteiger partial charge < -0.3 is 10.6 Å². The Hall–Kier alpha value is -2.90. The quantitative estimate of drug-likeness (QED) is 0.438. The van der Waals surface area contributed by atoms with Crippen molar-refractivity contribution in [3.05, 3.63) is 69.3 Å². The number of fused-ring (bicyclic) bond motifs is 8. The Morgan fingerprint density at radius 3 is 2.87 bits per heavy atom. The van der Waals surface area contributed by atoms with E-state index in [1.54, 1.807) is 40.0 Å². The van der Waals surface area contributed by atoms with E-state index in [0.29, 0.717) is 57.9 Å². The van der Waals surface area contributed by atoms with Crippen molar-refractivity contribution in [1.82, 2.24) is 19.3 Å². The van der Waals surface area contributed by atoms with E-state index in [9.17, 15) is 9.18 Å². The van der Waals surface area contributed by atoms with Gasteiger partial charge in [-0.05, 0) is 48.1 Å². The number of nitrogen functional groups attached to an aromatic ring is 1. The van der Waals surface area contributed by atoms with Gasteiger partial charge in [-0.1, -0.05) is 29.3 Å². The zero-order valence-corrected chi connectivity index (χ0v) is 17.7. The molecule has 156 valence electrons. The van der Waals surface area contributed by atoms with Gasteiger partial charge in [0.1, 0.15) is 17.2 Å². The zero-order chi connectivity index (χ0) is 21.4. The molecule has 6 rings (SSSR count). The first kappa shape index (κ1) is 18.8. The average Bonchev–Trinajstić information content (AvgIpc) is 3.35. The second-order valence-corrected chi connectivity index (χ2v) is 8.88. The summed E-state index contributed by atoms with van der Waals surface area (Å²) in [5, 5.41) is 0.421. The molecule has 1 saturated heterocycles. The molecule has 0 saturated carbocycles. The van der Waals surface area contributed by atoms with Crippen LogP contribution in [0.3, 0.4) is 0 Å². The number of carbonyl (C=O) groups excluding carboxylic acids is 1. The van der Waals surface area contributed by atoms with Crippen LogP contribution in [0.2, 0.25) is 10.0 Å². The molecular weight excluding hydrogens is 440 g/mol. The van der Waals surface area contributed by atoms with E-state index in [-0.39, 0.29) is 28.7 Å². The van der Waals surface area contributed by atoms with Gasteiger partial charge in [-0.2, -0.15) is 0 Å². The van der Waals surface area contributed by atoms with Crippen molar-refractivity contribution in [2.45, 2.75) is 24.8 Å². The van der Waals surface area contributed by atoms with Crippen molar-refractivity contribution >= 4 is 51.5 Å². The standard InChI is InChI=1S/C22H16Cl2FN5O/c23-13-2-1-11-16-5-10(19(11)20(13)25)3-4-29(16)22(31)12-6-17-15(7-14(12)24)28-21(26)18-8-27-9-30(17)18/h1-2,6-10,16H,3-5H2,(H2,26,28)/t10-,16+/m0/s1. The van der Waals surface area contributed by atoms with E-state index in [1.807, 2.05) is 6.07 Å². The molecule has 1 aliphatic carbocycles. The molecule has 2 bridgehead atoms. The number of halogens is 3. The fourth-order valence-corrected chi connectivity index (χ4v) is 5.47. The van der Waals surface area contributed by atoms with Crippen LogP contribution in [0.25, 0.3) is 16.6 Å². The van der Waals surface area contributed by atoms with Crippen molar-refractivity contribution in [3.63, 3.8) is 0 Å². The number of nitrogens with zero attached hydrogens (tertiary/aromatic N) is 4. The van der Waals surface area contributed by atoms with E-state index < -0.39 is 0 Å². The highest BCUT2D eigenvalue weighted by atomic mass is 35.5. The average molecular weight is 456 g/mol. The lowest BCUT2D eigenvalue weighted by Gasteiger charge is -2.34. The van der Waals surface area contributed by atoms with E-state index in [2.05, 4.69) is 9.97 Å².